The Labute approximate surface area is 141 Å². The lowest BCUT2D eigenvalue weighted by atomic mass is 10.1. The number of hydrogen-bond acceptors (Lipinski definition) is 7. The molecule has 1 aromatic rings. The summed E-state index contributed by atoms with van der Waals surface area (Å²) < 4.78 is 28.3. The maximum Gasteiger partial charge on any atom is 0.224 e. The quantitative estimate of drug-likeness (QED) is 0.820. The van der Waals surface area contributed by atoms with Gasteiger partial charge in [-0.25, -0.2) is 0 Å². The van der Waals surface area contributed by atoms with Gasteiger partial charge in [-0.2, -0.15) is 0 Å². The third-order valence-electron chi connectivity index (χ3n) is 4.28. The van der Waals surface area contributed by atoms with Crippen LogP contribution in [0.3, 0.4) is 0 Å². The molecule has 1 spiro atoms. The Morgan fingerprint density at radius 3 is 2.50 bits per heavy atom. The highest BCUT2D eigenvalue weighted by atomic mass is 16.9. The average molecular weight is 340 g/mol. The van der Waals surface area contributed by atoms with E-state index >= 15 is 0 Å². The van der Waals surface area contributed by atoms with E-state index in [0.717, 1.165) is 11.3 Å². The maximum atomic E-state index is 10.4. The minimum Gasteiger partial charge on any atom is -0.497 e. The summed E-state index contributed by atoms with van der Waals surface area (Å²) in [4.78, 5) is 0. The highest BCUT2D eigenvalue weighted by molar-refractivity contribution is 5.26. The van der Waals surface area contributed by atoms with Crippen LogP contribution in [-0.4, -0.2) is 60.4 Å². The zero-order valence-corrected chi connectivity index (χ0v) is 14.1. The first-order chi connectivity index (χ1) is 11.4. The summed E-state index contributed by atoms with van der Waals surface area (Å²) in [5, 5.41) is 19.9. The fraction of sp³-hybridized carbons (Fsp3) is 0.647. The summed E-state index contributed by atoms with van der Waals surface area (Å²) in [5.74, 6) is -1.30. The van der Waals surface area contributed by atoms with E-state index in [0.29, 0.717) is 0 Å². The van der Waals surface area contributed by atoms with Gasteiger partial charge in [-0.15, -0.1) is 0 Å². The maximum absolute atomic E-state index is 10.4. The zero-order chi connectivity index (χ0) is 17.4. The molecular formula is C17H24O7. The van der Waals surface area contributed by atoms with Gasteiger partial charge in [0.2, 0.25) is 5.79 Å². The second kappa shape index (κ2) is 6.59. The summed E-state index contributed by atoms with van der Waals surface area (Å²) in [5.41, 5.74) is 0.920. The second-order valence-electron chi connectivity index (χ2n) is 6.51. The van der Waals surface area contributed by atoms with Crippen molar-refractivity contribution in [2.45, 2.75) is 50.3 Å². The van der Waals surface area contributed by atoms with Gasteiger partial charge in [0.05, 0.1) is 20.3 Å². The lowest BCUT2D eigenvalue weighted by Crippen LogP contribution is -2.48. The van der Waals surface area contributed by atoms with Crippen molar-refractivity contribution in [2.24, 2.45) is 0 Å². The van der Waals surface area contributed by atoms with Gasteiger partial charge >= 0.3 is 0 Å². The SMILES string of the molecule is COc1ccc(CO[C@H]2[C@H](O)[C@H](CO)OC23COC(C)(C)O3)cc1. The number of aliphatic hydroxyl groups is 2. The number of benzene rings is 1. The number of hydrogen-bond donors (Lipinski definition) is 2. The van der Waals surface area contributed by atoms with Crippen molar-refractivity contribution in [3.63, 3.8) is 0 Å². The third-order valence-corrected chi connectivity index (χ3v) is 4.28. The molecule has 1 unspecified atom stereocenters. The van der Waals surface area contributed by atoms with Gasteiger partial charge in [-0.3, -0.25) is 0 Å². The lowest BCUT2D eigenvalue weighted by molar-refractivity contribution is -0.277. The van der Waals surface area contributed by atoms with Gasteiger partial charge in [0.15, 0.2) is 5.79 Å². The molecule has 7 heteroatoms. The van der Waals surface area contributed by atoms with Crippen molar-refractivity contribution in [3.05, 3.63) is 29.8 Å². The van der Waals surface area contributed by atoms with E-state index in [1.165, 1.54) is 0 Å². The molecule has 134 valence electrons. The van der Waals surface area contributed by atoms with Crippen LogP contribution in [0, 0.1) is 0 Å². The number of ether oxygens (including phenoxy) is 5. The van der Waals surface area contributed by atoms with Crippen molar-refractivity contribution in [1.82, 2.24) is 0 Å². The van der Waals surface area contributed by atoms with Crippen LogP contribution in [0.5, 0.6) is 5.75 Å². The molecule has 2 fully saturated rings. The van der Waals surface area contributed by atoms with E-state index in [1.54, 1.807) is 21.0 Å². The van der Waals surface area contributed by atoms with Gasteiger partial charge in [0, 0.05) is 0 Å². The molecule has 3 rings (SSSR count). The Balaban J connectivity index is 1.73. The molecule has 0 saturated carbocycles. The predicted molar refractivity (Wildman–Crippen MR) is 83.4 cm³/mol. The molecule has 24 heavy (non-hydrogen) atoms. The normalized spacial score (nSPS) is 34.8. The summed E-state index contributed by atoms with van der Waals surface area (Å²) >= 11 is 0. The molecule has 0 amide bonds. The van der Waals surface area contributed by atoms with Crippen LogP contribution in [0.2, 0.25) is 0 Å². The summed E-state index contributed by atoms with van der Waals surface area (Å²) in [6.07, 6.45) is -2.55. The molecule has 0 aliphatic carbocycles. The van der Waals surface area contributed by atoms with E-state index in [4.69, 9.17) is 23.7 Å². The lowest BCUT2D eigenvalue weighted by Gasteiger charge is -2.30. The first-order valence-electron chi connectivity index (χ1n) is 7.94. The Kier molecular flexibility index (Phi) is 4.83. The Morgan fingerprint density at radius 2 is 1.96 bits per heavy atom. The van der Waals surface area contributed by atoms with E-state index in [2.05, 4.69) is 0 Å². The first kappa shape index (κ1) is 17.6. The summed E-state index contributed by atoms with van der Waals surface area (Å²) in [7, 11) is 1.61. The summed E-state index contributed by atoms with van der Waals surface area (Å²) in [6.45, 7) is 3.60. The molecule has 2 aliphatic rings. The molecule has 2 aliphatic heterocycles. The molecular weight excluding hydrogens is 316 g/mol. The molecule has 2 saturated heterocycles. The monoisotopic (exact) mass is 340 g/mol. The topological polar surface area (TPSA) is 86.6 Å². The number of rotatable bonds is 5. The second-order valence-corrected chi connectivity index (χ2v) is 6.51. The third kappa shape index (κ3) is 3.28. The van der Waals surface area contributed by atoms with Crippen molar-refractivity contribution >= 4 is 0 Å². The zero-order valence-electron chi connectivity index (χ0n) is 14.1. The van der Waals surface area contributed by atoms with Crippen LogP contribution < -0.4 is 4.74 Å². The number of aliphatic hydroxyl groups excluding tert-OH is 2. The van der Waals surface area contributed by atoms with Crippen LogP contribution in [0.25, 0.3) is 0 Å². The van der Waals surface area contributed by atoms with Crippen LogP contribution in [-0.2, 0) is 25.6 Å². The Morgan fingerprint density at radius 1 is 1.25 bits per heavy atom. The molecule has 1 aromatic carbocycles. The van der Waals surface area contributed by atoms with Crippen LogP contribution in [0.15, 0.2) is 24.3 Å². The van der Waals surface area contributed by atoms with Gasteiger partial charge < -0.3 is 33.9 Å². The van der Waals surface area contributed by atoms with Gasteiger partial charge in [0.1, 0.15) is 30.7 Å². The molecule has 0 aromatic heterocycles. The summed E-state index contributed by atoms with van der Waals surface area (Å²) in [6, 6.07) is 7.44. The first-order valence-corrected chi connectivity index (χ1v) is 7.94. The Bertz CT molecular complexity index is 559. The van der Waals surface area contributed by atoms with Gasteiger partial charge in [0.25, 0.3) is 0 Å². The molecule has 7 nitrogen and oxygen atoms in total. The fourth-order valence-electron chi connectivity index (χ4n) is 3.07. The smallest absolute Gasteiger partial charge is 0.224 e. The average Bonchev–Trinajstić information content (AvgIpc) is 3.02. The minimum atomic E-state index is -1.22. The van der Waals surface area contributed by atoms with Crippen LogP contribution in [0.1, 0.15) is 19.4 Å². The number of methoxy groups -OCH3 is 1. The predicted octanol–water partition coefficient (Wildman–Crippen LogP) is 0.812. The standard InChI is InChI=1S/C17H24O7/c1-16(2)22-10-17(24-16)15(14(19)13(8-18)23-17)21-9-11-4-6-12(20-3)7-5-11/h4-7,13-15,18-19H,8-10H2,1-3H3/t13-,14+,15-,17?/m0/s1. The molecule has 4 atom stereocenters. The largest absolute Gasteiger partial charge is 0.497 e. The highest BCUT2D eigenvalue weighted by Gasteiger charge is 2.62. The van der Waals surface area contributed by atoms with Crippen molar-refractivity contribution in [3.8, 4) is 5.75 Å². The Hall–Kier alpha value is -1.22. The van der Waals surface area contributed by atoms with Gasteiger partial charge in [-0.05, 0) is 31.5 Å². The van der Waals surface area contributed by atoms with Crippen LogP contribution >= 0.6 is 0 Å². The molecule has 2 N–H and O–H groups in total. The minimum absolute atomic E-state index is 0.126. The van der Waals surface area contributed by atoms with E-state index in [1.807, 2.05) is 24.3 Å². The van der Waals surface area contributed by atoms with Crippen molar-refractivity contribution in [2.75, 3.05) is 20.3 Å². The fourth-order valence-corrected chi connectivity index (χ4v) is 3.07. The molecule has 0 bridgehead atoms. The van der Waals surface area contributed by atoms with E-state index in [-0.39, 0.29) is 19.8 Å². The van der Waals surface area contributed by atoms with Crippen molar-refractivity contribution < 1.29 is 33.9 Å². The van der Waals surface area contributed by atoms with Crippen molar-refractivity contribution in [1.29, 1.82) is 0 Å². The van der Waals surface area contributed by atoms with Gasteiger partial charge in [-0.1, -0.05) is 12.1 Å². The van der Waals surface area contributed by atoms with E-state index < -0.39 is 29.9 Å². The van der Waals surface area contributed by atoms with Crippen LogP contribution in [0.4, 0.5) is 0 Å². The highest BCUT2D eigenvalue weighted by Crippen LogP contribution is 2.43. The van der Waals surface area contributed by atoms with E-state index in [9.17, 15) is 10.2 Å². The molecule has 2 heterocycles. The molecule has 0 radical (unpaired) electrons.